The lowest BCUT2D eigenvalue weighted by molar-refractivity contribution is -0.137. The van der Waals surface area contributed by atoms with Crippen LogP contribution in [0.1, 0.15) is 25.3 Å². The minimum Gasteiger partial charge on any atom is -0.412 e. The monoisotopic (exact) mass is 584 g/mol. The van der Waals surface area contributed by atoms with Gasteiger partial charge in [-0.3, -0.25) is 10.3 Å². The first-order valence-electron chi connectivity index (χ1n) is 11.1. The molecule has 0 saturated carbocycles. The second-order valence-electron chi connectivity index (χ2n) is 8.34. The molecule has 3 aromatic rings. The number of thiazole rings is 1. The molecule has 0 spiro atoms. The Balaban J connectivity index is 0.00000267. The highest BCUT2D eigenvalue weighted by Crippen LogP contribution is 2.36. The summed E-state index contributed by atoms with van der Waals surface area (Å²) in [7, 11) is -1.72. The third-order valence-corrected chi connectivity index (χ3v) is 8.51. The van der Waals surface area contributed by atoms with E-state index in [1.165, 1.54) is 34.6 Å². The highest BCUT2D eigenvalue weighted by Gasteiger charge is 2.42. The molecule has 38 heavy (non-hydrogen) atoms. The van der Waals surface area contributed by atoms with Gasteiger partial charge in [-0.25, -0.2) is 26.7 Å². The molecule has 210 valence electrons. The van der Waals surface area contributed by atoms with Crippen molar-refractivity contribution in [3.8, 4) is 10.6 Å². The zero-order valence-corrected chi connectivity index (χ0v) is 21.5. The smallest absolute Gasteiger partial charge is 0.412 e. The molecule has 2 aromatic heterocycles. The van der Waals surface area contributed by atoms with Gasteiger partial charge in [0.1, 0.15) is 28.8 Å². The Labute approximate surface area is 222 Å². The number of alkyl halides is 4. The van der Waals surface area contributed by atoms with Crippen molar-refractivity contribution in [3.05, 3.63) is 64.9 Å². The second kappa shape index (κ2) is 12.6. The van der Waals surface area contributed by atoms with Crippen LogP contribution in [0.3, 0.4) is 0 Å². The van der Waals surface area contributed by atoms with E-state index < -0.39 is 52.1 Å². The van der Waals surface area contributed by atoms with Gasteiger partial charge in [0, 0.05) is 25.8 Å². The molecule has 15 heteroatoms. The Bertz CT molecular complexity index is 1250. The maximum Gasteiger partial charge on any atom is 0.443 e. The van der Waals surface area contributed by atoms with Crippen molar-refractivity contribution in [2.45, 2.75) is 49.2 Å². The number of ether oxygens (including phenoxy) is 1. The summed E-state index contributed by atoms with van der Waals surface area (Å²) in [5, 5.41) is 1.85. The molecule has 0 amide bonds. The van der Waals surface area contributed by atoms with Crippen molar-refractivity contribution < 1.29 is 42.2 Å². The van der Waals surface area contributed by atoms with Crippen LogP contribution in [0.4, 0.5) is 26.3 Å². The van der Waals surface area contributed by atoms with E-state index in [1.807, 2.05) is 0 Å². The fourth-order valence-corrected chi connectivity index (χ4v) is 6.10. The molecule has 0 radical (unpaired) electrons. The van der Waals surface area contributed by atoms with Crippen LogP contribution in [0.2, 0.25) is 0 Å². The molecule has 3 N–H and O–H groups in total. The van der Waals surface area contributed by atoms with Crippen LogP contribution in [-0.2, 0) is 28.4 Å². The van der Waals surface area contributed by atoms with Gasteiger partial charge in [0.15, 0.2) is 5.01 Å². The molecule has 4 atom stereocenters. The number of benzene rings is 1. The lowest BCUT2D eigenvalue weighted by atomic mass is 10.2. The fourth-order valence-electron chi connectivity index (χ4n) is 3.88. The van der Waals surface area contributed by atoms with Crippen LogP contribution in [0.25, 0.3) is 10.6 Å². The number of pyridine rings is 1. The number of nitrogens with one attached hydrogen (secondary N) is 1. The van der Waals surface area contributed by atoms with E-state index in [4.69, 9.17) is 4.74 Å². The van der Waals surface area contributed by atoms with Crippen molar-refractivity contribution in [2.75, 3.05) is 13.3 Å². The van der Waals surface area contributed by atoms with Crippen LogP contribution >= 0.6 is 11.3 Å². The number of aromatic nitrogens is 2. The average Bonchev–Trinajstić information content (AvgIpc) is 3.45. The van der Waals surface area contributed by atoms with Crippen molar-refractivity contribution >= 4 is 22.3 Å². The SMILES string of the molecule is C[C@H]1[C@H](F)C[C@@H](COCNCc2cc(-c3cnc(C(F)(F)F)s3)ncc2F)N1S(=O)c1ccc(F)cc1.O.[HH]. The lowest BCUT2D eigenvalue weighted by Crippen LogP contribution is -2.40. The topological polar surface area (TPSA) is 98.8 Å². The first kappa shape index (κ1) is 30.1. The van der Waals surface area contributed by atoms with Gasteiger partial charge < -0.3 is 10.2 Å². The summed E-state index contributed by atoms with van der Waals surface area (Å²) in [6.45, 7) is 1.60. The lowest BCUT2D eigenvalue weighted by Gasteiger charge is -2.26. The Morgan fingerprint density at radius 3 is 2.58 bits per heavy atom. The summed E-state index contributed by atoms with van der Waals surface area (Å²) in [6.07, 6.45) is -3.74. The molecule has 0 aliphatic carbocycles. The van der Waals surface area contributed by atoms with Gasteiger partial charge >= 0.3 is 6.18 Å². The molecule has 0 bridgehead atoms. The normalized spacial score (nSPS) is 20.9. The Kier molecular flexibility index (Phi) is 10.00. The summed E-state index contributed by atoms with van der Waals surface area (Å²) >= 11 is 0.410. The van der Waals surface area contributed by atoms with E-state index in [0.29, 0.717) is 16.2 Å². The van der Waals surface area contributed by atoms with Crippen molar-refractivity contribution in [2.24, 2.45) is 0 Å². The standard InChI is InChI=1S/C23H22F6N4O2S2.H2O.H2/c1-13-18(25)7-16(33(13)37(34)17-4-2-15(24)3-5-17)11-35-12-30-8-14-6-20(31-9-19(14)26)21-10-32-22(36-21)23(27,28)29;;/h2-6,9-10,13,16,18,30H,7-8,11-12H2,1H3;1H2;1H/t13-,16-,18+,37?;;/m0../s1. The van der Waals surface area contributed by atoms with Crippen LogP contribution in [0, 0.1) is 11.6 Å². The van der Waals surface area contributed by atoms with E-state index in [9.17, 15) is 30.6 Å². The van der Waals surface area contributed by atoms with Crippen LogP contribution in [0.5, 0.6) is 0 Å². The first-order chi connectivity index (χ1) is 17.5. The average molecular weight is 585 g/mol. The fraction of sp³-hybridized carbons (Fsp3) is 0.391. The summed E-state index contributed by atoms with van der Waals surface area (Å²) in [5.74, 6) is -1.12. The number of nitrogens with zero attached hydrogens (tertiary/aromatic N) is 3. The van der Waals surface area contributed by atoms with Crippen LogP contribution in [-0.4, -0.2) is 55.6 Å². The molecular formula is C23H26F6N4O3S2. The van der Waals surface area contributed by atoms with Crippen LogP contribution < -0.4 is 5.32 Å². The van der Waals surface area contributed by atoms with Crippen LogP contribution in [0.15, 0.2) is 47.6 Å². The van der Waals surface area contributed by atoms with Gasteiger partial charge in [-0.05, 0) is 43.7 Å². The molecule has 4 rings (SSSR count). The number of hydrogen-bond acceptors (Lipinski definition) is 6. The highest BCUT2D eigenvalue weighted by molar-refractivity contribution is 7.82. The molecule has 1 unspecified atom stereocenters. The van der Waals surface area contributed by atoms with Crippen molar-refractivity contribution in [3.63, 3.8) is 0 Å². The summed E-state index contributed by atoms with van der Waals surface area (Å²) in [4.78, 5) is 7.69. The largest absolute Gasteiger partial charge is 0.443 e. The van der Waals surface area contributed by atoms with Gasteiger partial charge in [-0.2, -0.15) is 13.2 Å². The Morgan fingerprint density at radius 1 is 1.21 bits per heavy atom. The molecule has 3 heterocycles. The van der Waals surface area contributed by atoms with Gasteiger partial charge in [0.05, 0.1) is 41.0 Å². The number of hydrogen-bond donors (Lipinski definition) is 1. The highest BCUT2D eigenvalue weighted by atomic mass is 32.2. The number of rotatable bonds is 9. The van der Waals surface area contributed by atoms with E-state index in [2.05, 4.69) is 15.3 Å². The maximum absolute atomic E-state index is 14.4. The third kappa shape index (κ3) is 6.95. The molecule has 1 aliphatic heterocycles. The van der Waals surface area contributed by atoms with Crippen molar-refractivity contribution in [1.29, 1.82) is 0 Å². The third-order valence-electron chi connectivity index (χ3n) is 5.75. The molecular weight excluding hydrogens is 558 g/mol. The predicted molar refractivity (Wildman–Crippen MR) is 131 cm³/mol. The molecule has 1 aromatic carbocycles. The second-order valence-corrected chi connectivity index (χ2v) is 10.8. The zero-order chi connectivity index (χ0) is 26.7. The number of halogens is 6. The quantitative estimate of drug-likeness (QED) is 0.227. The van der Waals surface area contributed by atoms with E-state index in [0.717, 1.165) is 12.4 Å². The minimum atomic E-state index is -4.58. The first-order valence-corrected chi connectivity index (χ1v) is 13.0. The van der Waals surface area contributed by atoms with E-state index >= 15 is 0 Å². The molecule has 1 fully saturated rings. The van der Waals surface area contributed by atoms with Crippen molar-refractivity contribution in [1.82, 2.24) is 19.6 Å². The Morgan fingerprint density at radius 2 is 1.92 bits per heavy atom. The van der Waals surface area contributed by atoms with E-state index in [-0.39, 0.29) is 49.3 Å². The molecule has 1 aliphatic rings. The minimum absolute atomic E-state index is 0. The van der Waals surface area contributed by atoms with Gasteiger partial charge in [-0.1, -0.05) is 0 Å². The van der Waals surface area contributed by atoms with E-state index in [1.54, 1.807) is 6.92 Å². The predicted octanol–water partition coefficient (Wildman–Crippen LogP) is 4.51. The Hall–Kier alpha value is -2.43. The summed E-state index contributed by atoms with van der Waals surface area (Å²) in [6, 6.07) is 5.33. The zero-order valence-electron chi connectivity index (χ0n) is 19.8. The maximum atomic E-state index is 14.4. The van der Waals surface area contributed by atoms with Gasteiger partial charge in [-0.15, -0.1) is 11.3 Å². The van der Waals surface area contributed by atoms with Gasteiger partial charge in [0.2, 0.25) is 0 Å². The molecule has 7 nitrogen and oxygen atoms in total. The summed E-state index contributed by atoms with van der Waals surface area (Å²) < 4.78 is 100. The summed E-state index contributed by atoms with van der Waals surface area (Å²) in [5.41, 5.74) is 0.313. The van der Waals surface area contributed by atoms with Gasteiger partial charge in [0.25, 0.3) is 0 Å². The molecule has 1 saturated heterocycles.